The van der Waals surface area contributed by atoms with Crippen molar-refractivity contribution in [3.63, 3.8) is 0 Å². The number of aromatic amines is 1. The van der Waals surface area contributed by atoms with Crippen LogP contribution in [0, 0.1) is 0 Å². The summed E-state index contributed by atoms with van der Waals surface area (Å²) in [6.45, 7) is 0. The van der Waals surface area contributed by atoms with E-state index in [-0.39, 0.29) is 0 Å². The average molecular weight is 404 g/mol. The predicted octanol–water partition coefficient (Wildman–Crippen LogP) is 4.60. The Hall–Kier alpha value is -2.99. The molecule has 0 saturated carbocycles. The van der Waals surface area contributed by atoms with Crippen LogP contribution in [0.5, 0.6) is 0 Å². The van der Waals surface area contributed by atoms with Gasteiger partial charge >= 0.3 is 0 Å². The maximum atomic E-state index is 4.70. The first kappa shape index (κ1) is 15.3. The summed E-state index contributed by atoms with van der Waals surface area (Å²) in [6, 6.07) is 18.3. The molecule has 26 heavy (non-hydrogen) atoms. The van der Waals surface area contributed by atoms with Crippen molar-refractivity contribution in [3.8, 4) is 17.2 Å². The molecule has 2 aliphatic rings. The van der Waals surface area contributed by atoms with Crippen LogP contribution in [0.4, 0.5) is 0 Å². The molecule has 0 fully saturated rings. The highest BCUT2D eigenvalue weighted by molar-refractivity contribution is 9.10. The summed E-state index contributed by atoms with van der Waals surface area (Å²) in [6.07, 6.45) is 4.68. The van der Waals surface area contributed by atoms with Gasteiger partial charge in [0.25, 0.3) is 0 Å². The van der Waals surface area contributed by atoms with Crippen LogP contribution < -0.4 is 0 Å². The molecule has 5 nitrogen and oxygen atoms in total. The van der Waals surface area contributed by atoms with E-state index in [1.807, 2.05) is 59.4 Å². The second-order valence-corrected chi connectivity index (χ2v) is 7.08. The number of nitrogens with one attached hydrogen (secondary N) is 1. The van der Waals surface area contributed by atoms with Crippen molar-refractivity contribution in [2.45, 2.75) is 6.42 Å². The summed E-state index contributed by atoms with van der Waals surface area (Å²) in [5.74, 6) is 1.68. The largest absolute Gasteiger partial charge is 0.304 e. The second kappa shape index (κ2) is 6.07. The lowest BCUT2D eigenvalue weighted by molar-refractivity contribution is 0.955. The first-order chi connectivity index (χ1) is 12.8. The number of imidazole rings is 1. The molecule has 1 N–H and O–H groups in total. The van der Waals surface area contributed by atoms with Crippen LogP contribution in [0.25, 0.3) is 28.1 Å². The Balaban J connectivity index is 1.54. The minimum absolute atomic E-state index is 0.731. The van der Waals surface area contributed by atoms with E-state index in [4.69, 9.17) is 4.98 Å². The molecule has 3 heterocycles. The summed E-state index contributed by atoms with van der Waals surface area (Å²) in [7, 11) is 0. The number of rotatable bonds is 3. The van der Waals surface area contributed by atoms with E-state index in [0.717, 1.165) is 44.8 Å². The number of benzene rings is 2. The number of pyridine rings is 1. The first-order valence-corrected chi connectivity index (χ1v) is 9.08. The molecular formula is C20H14BrN5. The lowest BCUT2D eigenvalue weighted by atomic mass is 10.1. The van der Waals surface area contributed by atoms with Gasteiger partial charge in [-0.25, -0.2) is 9.97 Å². The van der Waals surface area contributed by atoms with Crippen molar-refractivity contribution in [1.29, 1.82) is 0 Å². The highest BCUT2D eigenvalue weighted by Crippen LogP contribution is 2.26. The van der Waals surface area contributed by atoms with Crippen LogP contribution in [-0.2, 0) is 6.42 Å². The van der Waals surface area contributed by atoms with Crippen molar-refractivity contribution in [2.24, 2.45) is 0 Å². The molecule has 5 rings (SSSR count). The molecule has 1 aromatic heterocycles. The van der Waals surface area contributed by atoms with E-state index in [0.29, 0.717) is 0 Å². The third-order valence-corrected chi connectivity index (χ3v) is 4.86. The summed E-state index contributed by atoms with van der Waals surface area (Å²) in [4.78, 5) is 9.34. The standard InChI is InChI=1S/C20H14BrN5/c21-14-6-7-15-17(11-14)24-25-20(15)26-9-8-16-18(12-26)23-19(22-16)10-13-4-2-1-3-5-13/h1-9,11-12H,10H2,(H,24,25). The molecule has 0 saturated heterocycles. The molecule has 6 heteroatoms. The van der Waals surface area contributed by atoms with Crippen molar-refractivity contribution in [1.82, 2.24) is 24.7 Å². The van der Waals surface area contributed by atoms with E-state index >= 15 is 0 Å². The summed E-state index contributed by atoms with van der Waals surface area (Å²) in [5, 5.41) is 8.59. The minimum atomic E-state index is 0.731. The van der Waals surface area contributed by atoms with Crippen molar-refractivity contribution >= 4 is 26.8 Å². The van der Waals surface area contributed by atoms with Crippen LogP contribution in [0.15, 0.2) is 71.5 Å². The van der Waals surface area contributed by atoms with Crippen LogP contribution in [-0.4, -0.2) is 24.7 Å². The Morgan fingerprint density at radius 2 is 1.81 bits per heavy atom. The molecule has 0 unspecified atom stereocenters. The van der Waals surface area contributed by atoms with Crippen LogP contribution in [0.1, 0.15) is 11.4 Å². The Kier molecular flexibility index (Phi) is 3.57. The maximum Gasteiger partial charge on any atom is 0.166 e. The van der Waals surface area contributed by atoms with Gasteiger partial charge in [0.15, 0.2) is 5.82 Å². The molecule has 0 spiro atoms. The number of aromatic nitrogens is 5. The van der Waals surface area contributed by atoms with Gasteiger partial charge in [0.05, 0.1) is 11.2 Å². The van der Waals surface area contributed by atoms with Gasteiger partial charge in [0, 0.05) is 28.7 Å². The molecule has 0 amide bonds. The fourth-order valence-electron chi connectivity index (χ4n) is 3.12. The number of H-pyrrole nitrogens is 1. The highest BCUT2D eigenvalue weighted by atomic mass is 79.9. The molecule has 2 aromatic carbocycles. The second-order valence-electron chi connectivity index (χ2n) is 6.16. The molecule has 3 aromatic rings. The number of fused-ring (bicyclic) bond motifs is 2. The van der Waals surface area contributed by atoms with Crippen LogP contribution in [0.3, 0.4) is 0 Å². The zero-order valence-corrected chi connectivity index (χ0v) is 15.3. The SMILES string of the molecule is Brc1ccc2c(-n3ccc4nc(Cc5ccccc5)nc-4c3)n[nH]c2c1. The molecular weight excluding hydrogens is 390 g/mol. The summed E-state index contributed by atoms with van der Waals surface area (Å²) < 4.78 is 3.00. The van der Waals surface area contributed by atoms with Gasteiger partial charge in [0.2, 0.25) is 0 Å². The number of hydrogen-bond acceptors (Lipinski definition) is 3. The lowest BCUT2D eigenvalue weighted by Crippen LogP contribution is -1.97. The van der Waals surface area contributed by atoms with Gasteiger partial charge in [-0.15, -0.1) is 0 Å². The number of nitrogens with zero attached hydrogens (tertiary/aromatic N) is 4. The van der Waals surface area contributed by atoms with E-state index < -0.39 is 0 Å². The van der Waals surface area contributed by atoms with E-state index in [1.54, 1.807) is 0 Å². The zero-order chi connectivity index (χ0) is 17.5. The minimum Gasteiger partial charge on any atom is -0.304 e. The molecule has 2 aliphatic heterocycles. The fraction of sp³-hybridized carbons (Fsp3) is 0.0500. The topological polar surface area (TPSA) is 59.4 Å². The van der Waals surface area contributed by atoms with Crippen molar-refractivity contribution < 1.29 is 0 Å². The normalized spacial score (nSPS) is 11.4. The molecule has 126 valence electrons. The fourth-order valence-corrected chi connectivity index (χ4v) is 3.49. The third kappa shape index (κ3) is 2.68. The van der Waals surface area contributed by atoms with E-state index in [2.05, 4.69) is 43.2 Å². The first-order valence-electron chi connectivity index (χ1n) is 8.29. The van der Waals surface area contributed by atoms with Crippen molar-refractivity contribution in [3.05, 3.63) is 82.9 Å². The molecule has 0 bridgehead atoms. The van der Waals surface area contributed by atoms with Gasteiger partial charge in [0.1, 0.15) is 11.5 Å². The van der Waals surface area contributed by atoms with Gasteiger partial charge in [-0.2, -0.15) is 5.10 Å². The molecule has 0 aliphatic carbocycles. The molecule has 0 radical (unpaired) electrons. The van der Waals surface area contributed by atoms with Crippen LogP contribution in [0.2, 0.25) is 0 Å². The smallest absolute Gasteiger partial charge is 0.166 e. The highest BCUT2D eigenvalue weighted by Gasteiger charge is 2.14. The van der Waals surface area contributed by atoms with E-state index in [1.165, 1.54) is 5.56 Å². The average Bonchev–Trinajstić information content (AvgIpc) is 3.24. The Morgan fingerprint density at radius 1 is 0.962 bits per heavy atom. The number of hydrogen-bond donors (Lipinski definition) is 1. The van der Waals surface area contributed by atoms with Crippen molar-refractivity contribution in [2.75, 3.05) is 0 Å². The monoisotopic (exact) mass is 403 g/mol. The maximum absolute atomic E-state index is 4.70. The summed E-state index contributed by atoms with van der Waals surface area (Å²) >= 11 is 3.49. The van der Waals surface area contributed by atoms with E-state index in [9.17, 15) is 0 Å². The Bertz CT molecular complexity index is 1180. The lowest BCUT2D eigenvalue weighted by Gasteiger charge is -2.05. The third-order valence-electron chi connectivity index (χ3n) is 4.37. The Labute approximate surface area is 158 Å². The number of halogens is 1. The van der Waals surface area contributed by atoms with Gasteiger partial charge in [-0.05, 0) is 29.8 Å². The zero-order valence-electron chi connectivity index (χ0n) is 13.7. The quantitative estimate of drug-likeness (QED) is 0.478. The summed E-state index contributed by atoms with van der Waals surface area (Å²) in [5.41, 5.74) is 3.96. The predicted molar refractivity (Wildman–Crippen MR) is 105 cm³/mol. The Morgan fingerprint density at radius 3 is 2.69 bits per heavy atom. The van der Waals surface area contributed by atoms with Gasteiger partial charge in [-0.3, -0.25) is 5.10 Å². The van der Waals surface area contributed by atoms with Crippen LogP contribution >= 0.6 is 15.9 Å². The molecule has 0 atom stereocenters. The van der Waals surface area contributed by atoms with Gasteiger partial charge < -0.3 is 4.57 Å². The van der Waals surface area contributed by atoms with Gasteiger partial charge in [-0.1, -0.05) is 46.3 Å².